The molecule has 1 rings (SSSR count). The number of nitrogens with one attached hydrogen (secondary N) is 1. The van der Waals surface area contributed by atoms with Gasteiger partial charge in [0.05, 0.1) is 17.3 Å². The molecule has 0 aromatic carbocycles. The number of hydrogen-bond acceptors (Lipinski definition) is 6. The largest absolute Gasteiger partial charge is 0.474 e. The Hall–Kier alpha value is -0.920. The maximum absolute atomic E-state index is 5.44. The summed E-state index contributed by atoms with van der Waals surface area (Å²) < 4.78 is 11.5. The highest BCUT2D eigenvalue weighted by atomic mass is 79.9. The highest BCUT2D eigenvalue weighted by Crippen LogP contribution is 2.21. The molecule has 3 N–H and O–H groups in total. The van der Waals surface area contributed by atoms with Crippen LogP contribution in [0.1, 0.15) is 19.8 Å². The van der Waals surface area contributed by atoms with Gasteiger partial charge in [0.2, 0.25) is 11.8 Å². The third kappa shape index (κ3) is 5.29. The Bertz CT molecular complexity index is 338. The lowest BCUT2D eigenvalue weighted by Gasteiger charge is -2.08. The van der Waals surface area contributed by atoms with Crippen molar-refractivity contribution in [2.75, 3.05) is 25.2 Å². The molecule has 0 saturated carbocycles. The number of aromatic nitrogens is 2. The van der Waals surface area contributed by atoms with E-state index >= 15 is 0 Å². The van der Waals surface area contributed by atoms with Crippen LogP contribution in [0.4, 0.5) is 5.95 Å². The van der Waals surface area contributed by atoms with Gasteiger partial charge in [-0.15, -0.1) is 0 Å². The summed E-state index contributed by atoms with van der Waals surface area (Å²) in [4.78, 5) is 7.97. The molecule has 0 aliphatic rings. The summed E-state index contributed by atoms with van der Waals surface area (Å²) in [5.41, 5.74) is 2.36. The van der Waals surface area contributed by atoms with Crippen molar-refractivity contribution in [1.29, 1.82) is 0 Å². The molecule has 17 heavy (non-hydrogen) atoms. The van der Waals surface area contributed by atoms with Crippen molar-refractivity contribution in [2.45, 2.75) is 19.8 Å². The molecule has 0 amide bonds. The lowest BCUT2D eigenvalue weighted by atomic mass is 10.4. The number of anilines is 1. The van der Waals surface area contributed by atoms with Gasteiger partial charge in [-0.2, -0.15) is 4.98 Å². The van der Waals surface area contributed by atoms with Crippen LogP contribution in [0.5, 0.6) is 5.88 Å². The highest BCUT2D eigenvalue weighted by Gasteiger charge is 2.05. The van der Waals surface area contributed by atoms with E-state index in [1.807, 2.05) is 0 Å². The number of hydrazine groups is 1. The number of unbranched alkanes of at least 4 members (excludes halogenated alkanes) is 1. The summed E-state index contributed by atoms with van der Waals surface area (Å²) in [5.74, 6) is 5.97. The van der Waals surface area contributed by atoms with Gasteiger partial charge in [0.25, 0.3) is 0 Å². The molecule has 1 heterocycles. The zero-order valence-electron chi connectivity index (χ0n) is 9.78. The van der Waals surface area contributed by atoms with Crippen LogP contribution in [0.15, 0.2) is 10.7 Å². The van der Waals surface area contributed by atoms with E-state index in [2.05, 4.69) is 38.2 Å². The fourth-order valence-corrected chi connectivity index (χ4v) is 1.37. The van der Waals surface area contributed by atoms with E-state index in [-0.39, 0.29) is 0 Å². The Balaban J connectivity index is 2.30. The standard InChI is InChI=1S/C10H17BrN4O2/c1-2-3-4-16-5-6-17-9-8(11)7-13-10(14-9)15-12/h7H,2-6,12H2,1H3,(H,13,14,15). The smallest absolute Gasteiger partial charge is 0.240 e. The van der Waals surface area contributed by atoms with Crippen molar-refractivity contribution in [2.24, 2.45) is 5.84 Å². The number of nitrogens with zero attached hydrogens (tertiary/aromatic N) is 2. The topological polar surface area (TPSA) is 82.3 Å². The number of nitrogen functional groups attached to an aromatic ring is 1. The Labute approximate surface area is 109 Å². The number of halogens is 1. The maximum Gasteiger partial charge on any atom is 0.240 e. The summed E-state index contributed by atoms with van der Waals surface area (Å²) in [6.45, 7) is 3.88. The van der Waals surface area contributed by atoms with E-state index in [9.17, 15) is 0 Å². The molecule has 0 fully saturated rings. The molecule has 0 spiro atoms. The molecule has 7 heteroatoms. The van der Waals surface area contributed by atoms with Gasteiger partial charge >= 0.3 is 0 Å². The second kappa shape index (κ2) is 8.21. The van der Waals surface area contributed by atoms with Gasteiger partial charge in [0, 0.05) is 6.61 Å². The van der Waals surface area contributed by atoms with Gasteiger partial charge < -0.3 is 9.47 Å². The van der Waals surface area contributed by atoms with E-state index in [1.165, 1.54) is 0 Å². The van der Waals surface area contributed by atoms with E-state index in [1.54, 1.807) is 6.20 Å². The van der Waals surface area contributed by atoms with Gasteiger partial charge in [-0.1, -0.05) is 13.3 Å². The molecular formula is C10H17BrN4O2. The second-order valence-corrected chi connectivity index (χ2v) is 4.16. The Morgan fingerprint density at radius 3 is 2.94 bits per heavy atom. The molecule has 0 bridgehead atoms. The molecule has 1 aromatic rings. The van der Waals surface area contributed by atoms with Gasteiger partial charge in [-0.05, 0) is 22.4 Å². The molecular weight excluding hydrogens is 288 g/mol. The fraction of sp³-hybridized carbons (Fsp3) is 0.600. The third-order valence-electron chi connectivity index (χ3n) is 1.95. The van der Waals surface area contributed by atoms with Crippen LogP contribution in [0, 0.1) is 0 Å². The van der Waals surface area contributed by atoms with Crippen molar-refractivity contribution in [3.8, 4) is 5.88 Å². The molecule has 0 radical (unpaired) electrons. The van der Waals surface area contributed by atoms with Crippen molar-refractivity contribution >= 4 is 21.9 Å². The monoisotopic (exact) mass is 304 g/mol. The SMILES string of the molecule is CCCCOCCOc1nc(NN)ncc1Br. The zero-order chi connectivity index (χ0) is 12.5. The van der Waals surface area contributed by atoms with E-state index in [0.29, 0.717) is 29.5 Å². The minimum atomic E-state index is 0.315. The van der Waals surface area contributed by atoms with Crippen LogP contribution in [0.3, 0.4) is 0 Å². The average Bonchev–Trinajstić information content (AvgIpc) is 2.35. The van der Waals surface area contributed by atoms with Crippen LogP contribution in [-0.2, 0) is 4.74 Å². The molecule has 6 nitrogen and oxygen atoms in total. The first kappa shape index (κ1) is 14.1. The molecule has 0 unspecified atom stereocenters. The van der Waals surface area contributed by atoms with Crippen molar-refractivity contribution in [3.05, 3.63) is 10.7 Å². The summed E-state index contributed by atoms with van der Waals surface area (Å²) in [6, 6.07) is 0. The highest BCUT2D eigenvalue weighted by molar-refractivity contribution is 9.10. The molecule has 1 aromatic heterocycles. The van der Waals surface area contributed by atoms with Crippen LogP contribution in [0.2, 0.25) is 0 Å². The first-order valence-electron chi connectivity index (χ1n) is 5.47. The molecule has 0 saturated heterocycles. The summed E-state index contributed by atoms with van der Waals surface area (Å²) in [6.07, 6.45) is 3.78. The van der Waals surface area contributed by atoms with Crippen molar-refractivity contribution in [3.63, 3.8) is 0 Å². The molecule has 96 valence electrons. The van der Waals surface area contributed by atoms with Crippen LogP contribution in [-0.4, -0.2) is 29.8 Å². The predicted octanol–water partition coefficient (Wildman–Crippen LogP) is 1.72. The van der Waals surface area contributed by atoms with Crippen molar-refractivity contribution < 1.29 is 9.47 Å². The first-order valence-corrected chi connectivity index (χ1v) is 6.27. The Morgan fingerprint density at radius 1 is 1.41 bits per heavy atom. The molecule has 0 aliphatic carbocycles. The average molecular weight is 305 g/mol. The Morgan fingerprint density at radius 2 is 2.24 bits per heavy atom. The molecule has 0 aliphatic heterocycles. The minimum Gasteiger partial charge on any atom is -0.474 e. The first-order chi connectivity index (χ1) is 8.27. The zero-order valence-corrected chi connectivity index (χ0v) is 11.4. The second-order valence-electron chi connectivity index (χ2n) is 3.31. The molecule has 0 atom stereocenters. The van der Waals surface area contributed by atoms with Crippen LogP contribution < -0.4 is 16.0 Å². The van der Waals surface area contributed by atoms with Gasteiger partial charge in [0.1, 0.15) is 6.61 Å². The third-order valence-corrected chi connectivity index (χ3v) is 2.49. The normalized spacial score (nSPS) is 10.3. The number of nitrogens with two attached hydrogens (primary N) is 1. The summed E-state index contributed by atoms with van der Waals surface area (Å²) >= 11 is 3.29. The van der Waals surface area contributed by atoms with E-state index < -0.39 is 0 Å². The predicted molar refractivity (Wildman–Crippen MR) is 68.8 cm³/mol. The fourth-order valence-electron chi connectivity index (χ4n) is 1.07. The summed E-state index contributed by atoms with van der Waals surface area (Å²) in [5, 5.41) is 0. The quantitative estimate of drug-likeness (QED) is 0.432. The van der Waals surface area contributed by atoms with E-state index in [0.717, 1.165) is 19.4 Å². The lowest BCUT2D eigenvalue weighted by molar-refractivity contribution is 0.0962. The van der Waals surface area contributed by atoms with Gasteiger partial charge in [-0.3, -0.25) is 5.43 Å². The van der Waals surface area contributed by atoms with E-state index in [4.69, 9.17) is 15.3 Å². The number of rotatable bonds is 8. The number of hydrogen-bond donors (Lipinski definition) is 2. The lowest BCUT2D eigenvalue weighted by Crippen LogP contribution is -2.13. The maximum atomic E-state index is 5.44. The summed E-state index contributed by atoms with van der Waals surface area (Å²) in [7, 11) is 0. The van der Waals surface area contributed by atoms with Crippen molar-refractivity contribution in [1.82, 2.24) is 9.97 Å². The minimum absolute atomic E-state index is 0.315. The van der Waals surface area contributed by atoms with Crippen LogP contribution in [0.25, 0.3) is 0 Å². The number of ether oxygens (including phenoxy) is 2. The van der Waals surface area contributed by atoms with Gasteiger partial charge in [-0.25, -0.2) is 10.8 Å². The van der Waals surface area contributed by atoms with Crippen LogP contribution >= 0.6 is 15.9 Å². The Kier molecular flexibility index (Phi) is 6.83. The van der Waals surface area contributed by atoms with Gasteiger partial charge in [0.15, 0.2) is 0 Å².